The molecular weight excluding hydrogens is 380 g/mol. The Hall–Kier alpha value is -1.73. The number of carbonyl (C=O) groups excluding carboxylic acids is 1. The minimum Gasteiger partial charge on any atom is -0.391 e. The normalized spacial score (nSPS) is 32.7. The third kappa shape index (κ3) is 3.71. The van der Waals surface area contributed by atoms with Crippen LogP contribution in [0.3, 0.4) is 0 Å². The topological polar surface area (TPSA) is 87.6 Å². The molecule has 1 atom stereocenters. The number of nitrogens with one attached hydrogen (secondary N) is 1. The molecule has 2 heterocycles. The second kappa shape index (κ2) is 8.08. The Morgan fingerprint density at radius 1 is 1.27 bits per heavy atom. The Morgan fingerprint density at radius 3 is 2.63 bits per heavy atom. The third-order valence-electron chi connectivity index (χ3n) is 8.14. The van der Waals surface area contributed by atoms with Gasteiger partial charge in [-0.2, -0.15) is 0 Å². The number of nitrogens with zero attached hydrogens (tertiary/aromatic N) is 3. The van der Waals surface area contributed by atoms with Gasteiger partial charge in [-0.15, -0.1) is 0 Å². The number of anilines is 1. The molecule has 1 unspecified atom stereocenters. The van der Waals surface area contributed by atoms with Gasteiger partial charge in [0.15, 0.2) is 0 Å². The van der Waals surface area contributed by atoms with E-state index in [9.17, 15) is 9.90 Å². The van der Waals surface area contributed by atoms with Crippen molar-refractivity contribution in [2.24, 2.45) is 23.2 Å². The molecule has 4 bridgehead atoms. The Labute approximate surface area is 178 Å². The van der Waals surface area contributed by atoms with Gasteiger partial charge in [-0.3, -0.25) is 4.79 Å². The molecular formula is C23H34N4O3. The molecule has 4 aliphatic carbocycles. The van der Waals surface area contributed by atoms with Gasteiger partial charge < -0.3 is 20.1 Å². The molecule has 1 aromatic heterocycles. The van der Waals surface area contributed by atoms with Crippen molar-refractivity contribution >= 4 is 11.7 Å². The number of ether oxygens (including phenoxy) is 1. The summed E-state index contributed by atoms with van der Waals surface area (Å²) in [6.07, 6.45) is 10.1. The van der Waals surface area contributed by atoms with E-state index in [-0.39, 0.29) is 17.4 Å². The summed E-state index contributed by atoms with van der Waals surface area (Å²) in [5, 5.41) is 14.7. The quantitative estimate of drug-likeness (QED) is 0.712. The van der Waals surface area contributed by atoms with Crippen LogP contribution in [0, 0.1) is 23.2 Å². The molecule has 6 rings (SSSR count). The molecule has 0 radical (unpaired) electrons. The SMILES string of the molecule is COCCC(=O)N1CCc2c(ncnc2NCC(O)C23CC4CC(CC(C4)C2)C3)C1. The van der Waals surface area contributed by atoms with Crippen LogP contribution in [0.15, 0.2) is 6.33 Å². The first-order valence-electron chi connectivity index (χ1n) is 11.6. The van der Waals surface area contributed by atoms with Gasteiger partial charge in [-0.05, 0) is 68.1 Å². The summed E-state index contributed by atoms with van der Waals surface area (Å²) in [5.74, 6) is 3.43. The van der Waals surface area contributed by atoms with Crippen molar-refractivity contribution in [3.8, 4) is 0 Å². The molecule has 1 amide bonds. The fourth-order valence-corrected chi connectivity index (χ4v) is 7.06. The second-order valence-corrected chi connectivity index (χ2v) is 10.1. The van der Waals surface area contributed by atoms with E-state index in [1.165, 1.54) is 38.5 Å². The molecule has 4 saturated carbocycles. The van der Waals surface area contributed by atoms with Gasteiger partial charge in [0.25, 0.3) is 0 Å². The Kier molecular flexibility index (Phi) is 5.44. The minimum atomic E-state index is -0.327. The van der Waals surface area contributed by atoms with Gasteiger partial charge in [0.1, 0.15) is 12.1 Å². The largest absolute Gasteiger partial charge is 0.391 e. The first kappa shape index (κ1) is 20.2. The number of aliphatic hydroxyl groups is 1. The predicted molar refractivity (Wildman–Crippen MR) is 113 cm³/mol. The zero-order valence-corrected chi connectivity index (χ0v) is 18.0. The first-order valence-corrected chi connectivity index (χ1v) is 11.6. The highest BCUT2D eigenvalue weighted by molar-refractivity contribution is 5.76. The number of aromatic nitrogens is 2. The average Bonchev–Trinajstić information content (AvgIpc) is 2.74. The van der Waals surface area contributed by atoms with Crippen LogP contribution in [0.1, 0.15) is 56.2 Å². The van der Waals surface area contributed by atoms with E-state index in [0.29, 0.717) is 32.7 Å². The Balaban J connectivity index is 1.23. The fraction of sp³-hybridized carbons (Fsp3) is 0.783. The van der Waals surface area contributed by atoms with Gasteiger partial charge in [0, 0.05) is 25.8 Å². The van der Waals surface area contributed by atoms with Gasteiger partial charge in [0.05, 0.1) is 31.4 Å². The number of amides is 1. The smallest absolute Gasteiger partial charge is 0.225 e. The van der Waals surface area contributed by atoms with Crippen LogP contribution in [0.5, 0.6) is 0 Å². The lowest BCUT2D eigenvalue weighted by molar-refractivity contribution is -0.133. The van der Waals surface area contributed by atoms with Crippen molar-refractivity contribution in [2.75, 3.05) is 32.1 Å². The third-order valence-corrected chi connectivity index (χ3v) is 8.14. The standard InChI is InChI=1S/C23H34N4O3/c1-30-5-3-21(29)27-4-2-18-19(13-27)25-14-26-22(18)24-12-20(28)23-9-15-6-16(10-23)8-17(7-15)11-23/h14-17,20,28H,2-13H2,1H3,(H,24,25,26). The van der Waals surface area contributed by atoms with E-state index < -0.39 is 0 Å². The maximum atomic E-state index is 12.3. The maximum absolute atomic E-state index is 12.3. The van der Waals surface area contributed by atoms with Crippen LogP contribution in [0.4, 0.5) is 5.82 Å². The van der Waals surface area contributed by atoms with Crippen molar-refractivity contribution in [1.29, 1.82) is 0 Å². The van der Waals surface area contributed by atoms with Crippen LogP contribution in [0.2, 0.25) is 0 Å². The number of hydrogen-bond donors (Lipinski definition) is 2. The van der Waals surface area contributed by atoms with E-state index in [2.05, 4.69) is 15.3 Å². The molecule has 164 valence electrons. The zero-order valence-electron chi connectivity index (χ0n) is 18.0. The van der Waals surface area contributed by atoms with Gasteiger partial charge in [-0.25, -0.2) is 9.97 Å². The van der Waals surface area contributed by atoms with Crippen LogP contribution in [-0.4, -0.2) is 58.8 Å². The van der Waals surface area contributed by atoms with Crippen LogP contribution >= 0.6 is 0 Å². The highest BCUT2D eigenvalue weighted by Gasteiger charge is 2.53. The number of carbonyl (C=O) groups is 1. The van der Waals surface area contributed by atoms with E-state index in [4.69, 9.17) is 4.74 Å². The number of hydrogen-bond acceptors (Lipinski definition) is 6. The van der Waals surface area contributed by atoms with Crippen LogP contribution < -0.4 is 5.32 Å². The lowest BCUT2D eigenvalue weighted by Crippen LogP contribution is -2.53. The fourth-order valence-electron chi connectivity index (χ4n) is 7.06. The highest BCUT2D eigenvalue weighted by atomic mass is 16.5. The molecule has 0 aromatic carbocycles. The first-order chi connectivity index (χ1) is 14.6. The summed E-state index contributed by atoms with van der Waals surface area (Å²) in [4.78, 5) is 23.1. The minimum absolute atomic E-state index is 0.104. The lowest BCUT2D eigenvalue weighted by Gasteiger charge is -2.58. The summed E-state index contributed by atoms with van der Waals surface area (Å²) >= 11 is 0. The Morgan fingerprint density at radius 2 is 1.97 bits per heavy atom. The van der Waals surface area contributed by atoms with Crippen molar-refractivity contribution in [2.45, 2.75) is 64.0 Å². The highest BCUT2D eigenvalue weighted by Crippen LogP contribution is 2.61. The average molecular weight is 415 g/mol. The monoisotopic (exact) mass is 414 g/mol. The molecule has 0 saturated heterocycles. The molecule has 1 aliphatic heterocycles. The van der Waals surface area contributed by atoms with Gasteiger partial charge >= 0.3 is 0 Å². The molecule has 7 nitrogen and oxygen atoms in total. The van der Waals surface area contributed by atoms with E-state index in [1.807, 2.05) is 4.90 Å². The molecule has 7 heteroatoms. The summed E-state index contributed by atoms with van der Waals surface area (Å²) in [5.41, 5.74) is 2.11. The number of fused-ring (bicyclic) bond motifs is 1. The van der Waals surface area contributed by atoms with Crippen molar-refractivity contribution in [3.05, 3.63) is 17.6 Å². The predicted octanol–water partition coefficient (Wildman–Crippen LogP) is 2.39. The van der Waals surface area contributed by atoms with Gasteiger partial charge in [-0.1, -0.05) is 0 Å². The molecule has 0 spiro atoms. The van der Waals surface area contributed by atoms with E-state index >= 15 is 0 Å². The Bertz CT molecular complexity index is 763. The molecule has 4 fully saturated rings. The summed E-state index contributed by atoms with van der Waals surface area (Å²) in [7, 11) is 1.61. The van der Waals surface area contributed by atoms with Gasteiger partial charge in [0.2, 0.25) is 5.91 Å². The zero-order chi connectivity index (χ0) is 20.7. The molecule has 5 aliphatic rings. The number of methoxy groups -OCH3 is 1. The summed E-state index contributed by atoms with van der Waals surface area (Å²) in [6, 6.07) is 0. The number of rotatable bonds is 7. The van der Waals surface area contributed by atoms with Crippen molar-refractivity contribution in [3.63, 3.8) is 0 Å². The van der Waals surface area contributed by atoms with Crippen LogP contribution in [-0.2, 0) is 22.5 Å². The number of aliphatic hydroxyl groups excluding tert-OH is 1. The van der Waals surface area contributed by atoms with E-state index in [1.54, 1.807) is 13.4 Å². The summed E-state index contributed by atoms with van der Waals surface area (Å²) in [6.45, 7) is 2.19. The molecule has 1 aromatic rings. The molecule has 30 heavy (non-hydrogen) atoms. The second-order valence-electron chi connectivity index (χ2n) is 10.1. The lowest BCUT2D eigenvalue weighted by atomic mass is 9.48. The summed E-state index contributed by atoms with van der Waals surface area (Å²) < 4.78 is 5.03. The van der Waals surface area contributed by atoms with Crippen LogP contribution in [0.25, 0.3) is 0 Å². The van der Waals surface area contributed by atoms with Crippen molar-refractivity contribution < 1.29 is 14.6 Å². The maximum Gasteiger partial charge on any atom is 0.225 e. The van der Waals surface area contributed by atoms with Crippen molar-refractivity contribution in [1.82, 2.24) is 14.9 Å². The molecule has 2 N–H and O–H groups in total. The van der Waals surface area contributed by atoms with E-state index in [0.717, 1.165) is 41.2 Å².